The summed E-state index contributed by atoms with van der Waals surface area (Å²) >= 11 is 3.35. The molecule has 2 aromatic carbocycles. The fourth-order valence-electron chi connectivity index (χ4n) is 2.21. The molecule has 0 aromatic heterocycles. The maximum atomic E-state index is 12.0. The highest BCUT2D eigenvalue weighted by Crippen LogP contribution is 2.19. The number of carbonyl (C=O) groups excluding carboxylic acids is 3. The maximum Gasteiger partial charge on any atom is 0.251 e. The monoisotopic (exact) mass is 433 g/mol. The number of rotatable bonds is 7. The van der Waals surface area contributed by atoms with Crippen molar-refractivity contribution in [2.45, 2.75) is 6.92 Å². The lowest BCUT2D eigenvalue weighted by Gasteiger charge is -2.10. The van der Waals surface area contributed by atoms with Crippen LogP contribution in [0.15, 0.2) is 46.9 Å². The zero-order chi connectivity index (χ0) is 19.8. The van der Waals surface area contributed by atoms with Gasteiger partial charge in [-0.3, -0.25) is 14.4 Å². The Hall–Kier alpha value is -2.87. The lowest BCUT2D eigenvalue weighted by atomic mass is 10.2. The van der Waals surface area contributed by atoms with Crippen LogP contribution in [-0.2, 0) is 9.59 Å². The van der Waals surface area contributed by atoms with Gasteiger partial charge in [-0.05, 0) is 55.0 Å². The predicted molar refractivity (Wildman–Crippen MR) is 106 cm³/mol. The molecule has 0 spiro atoms. The van der Waals surface area contributed by atoms with Gasteiger partial charge in [-0.25, -0.2) is 0 Å². The first-order chi connectivity index (χ1) is 12.9. The number of anilines is 1. The van der Waals surface area contributed by atoms with Gasteiger partial charge in [0.25, 0.3) is 5.91 Å². The maximum absolute atomic E-state index is 12.0. The number of hydrogen-bond acceptors (Lipinski definition) is 4. The minimum absolute atomic E-state index is 0.188. The van der Waals surface area contributed by atoms with Gasteiger partial charge < -0.3 is 20.7 Å². The van der Waals surface area contributed by atoms with E-state index in [-0.39, 0.29) is 24.9 Å². The molecule has 3 N–H and O–H groups in total. The quantitative estimate of drug-likeness (QED) is 0.623. The molecule has 0 radical (unpaired) electrons. The van der Waals surface area contributed by atoms with E-state index in [9.17, 15) is 14.4 Å². The van der Waals surface area contributed by atoms with Crippen molar-refractivity contribution < 1.29 is 19.1 Å². The molecule has 0 saturated carbocycles. The highest BCUT2D eigenvalue weighted by molar-refractivity contribution is 9.10. The van der Waals surface area contributed by atoms with Crippen molar-refractivity contribution in [3.8, 4) is 5.75 Å². The number of amides is 3. The van der Waals surface area contributed by atoms with Crippen LogP contribution in [0.4, 0.5) is 5.69 Å². The molecule has 0 aliphatic carbocycles. The third-order valence-corrected chi connectivity index (χ3v) is 4.16. The zero-order valence-corrected chi connectivity index (χ0v) is 16.6. The van der Waals surface area contributed by atoms with Crippen molar-refractivity contribution in [3.05, 3.63) is 58.1 Å². The number of aryl methyl sites for hydroxylation is 1. The van der Waals surface area contributed by atoms with Gasteiger partial charge in [0.1, 0.15) is 5.75 Å². The predicted octanol–water partition coefficient (Wildman–Crippen LogP) is 2.25. The Labute approximate surface area is 165 Å². The fourth-order valence-corrected chi connectivity index (χ4v) is 2.68. The number of benzene rings is 2. The summed E-state index contributed by atoms with van der Waals surface area (Å²) in [5.41, 5.74) is 1.98. The molecule has 2 rings (SSSR count). The minimum atomic E-state index is -0.459. The molecular weight excluding hydrogens is 414 g/mol. The van der Waals surface area contributed by atoms with Crippen molar-refractivity contribution >= 4 is 39.3 Å². The second kappa shape index (κ2) is 9.72. The van der Waals surface area contributed by atoms with Crippen molar-refractivity contribution in [1.82, 2.24) is 10.6 Å². The molecule has 0 bridgehead atoms. The number of hydrogen-bond donors (Lipinski definition) is 3. The third kappa shape index (κ3) is 6.41. The summed E-state index contributed by atoms with van der Waals surface area (Å²) in [6.07, 6.45) is 0. The molecule has 2 aromatic rings. The van der Waals surface area contributed by atoms with Crippen LogP contribution in [0.3, 0.4) is 0 Å². The van der Waals surface area contributed by atoms with Crippen LogP contribution < -0.4 is 20.7 Å². The van der Waals surface area contributed by atoms with E-state index in [1.165, 1.54) is 7.11 Å². The van der Waals surface area contributed by atoms with Crippen LogP contribution in [0.5, 0.6) is 5.75 Å². The summed E-state index contributed by atoms with van der Waals surface area (Å²) in [5, 5.41) is 7.68. The molecule has 3 amide bonds. The second-order valence-corrected chi connectivity index (χ2v) is 6.61. The van der Waals surface area contributed by atoms with E-state index in [4.69, 9.17) is 4.74 Å². The van der Waals surface area contributed by atoms with Crippen LogP contribution >= 0.6 is 15.9 Å². The van der Waals surface area contributed by atoms with E-state index in [1.807, 2.05) is 19.1 Å². The molecule has 0 saturated heterocycles. The Bertz CT molecular complexity index is 837. The van der Waals surface area contributed by atoms with Crippen LogP contribution in [0, 0.1) is 6.92 Å². The van der Waals surface area contributed by atoms with Gasteiger partial charge in [0.05, 0.1) is 20.2 Å². The zero-order valence-electron chi connectivity index (χ0n) is 15.0. The standard InChI is InChI=1S/C19H20BrN3O4/c1-12-9-14(20)5-8-16(12)23-18(25)11-21-17(24)10-22-19(26)13-3-6-15(27-2)7-4-13/h3-9H,10-11H2,1-2H3,(H,21,24)(H,22,26)(H,23,25). The topological polar surface area (TPSA) is 96.5 Å². The molecule has 0 atom stereocenters. The molecule has 0 heterocycles. The Morgan fingerprint density at radius 2 is 1.63 bits per heavy atom. The van der Waals surface area contributed by atoms with E-state index in [2.05, 4.69) is 31.9 Å². The van der Waals surface area contributed by atoms with E-state index in [0.717, 1.165) is 10.0 Å². The minimum Gasteiger partial charge on any atom is -0.497 e. The third-order valence-electron chi connectivity index (χ3n) is 3.67. The molecule has 142 valence electrons. The van der Waals surface area contributed by atoms with Gasteiger partial charge in [-0.1, -0.05) is 15.9 Å². The Morgan fingerprint density at radius 1 is 0.963 bits per heavy atom. The summed E-state index contributed by atoms with van der Waals surface area (Å²) in [6, 6.07) is 12.0. The number of methoxy groups -OCH3 is 1. The normalized spacial score (nSPS) is 10.0. The molecule has 7 nitrogen and oxygen atoms in total. The lowest BCUT2D eigenvalue weighted by Crippen LogP contribution is -2.40. The van der Waals surface area contributed by atoms with Crippen molar-refractivity contribution in [2.75, 3.05) is 25.5 Å². The summed E-state index contributed by atoms with van der Waals surface area (Å²) in [6.45, 7) is 1.45. The van der Waals surface area contributed by atoms with Gasteiger partial charge in [0.2, 0.25) is 11.8 Å². The summed E-state index contributed by atoms with van der Waals surface area (Å²) < 4.78 is 5.94. The van der Waals surface area contributed by atoms with Gasteiger partial charge >= 0.3 is 0 Å². The average molecular weight is 434 g/mol. The largest absolute Gasteiger partial charge is 0.497 e. The van der Waals surface area contributed by atoms with Crippen LogP contribution in [-0.4, -0.2) is 37.9 Å². The molecule has 0 fully saturated rings. The molecule has 8 heteroatoms. The second-order valence-electron chi connectivity index (χ2n) is 5.70. The van der Waals surface area contributed by atoms with Gasteiger partial charge in [0.15, 0.2) is 0 Å². The molecule has 0 aliphatic rings. The van der Waals surface area contributed by atoms with Crippen molar-refractivity contribution in [3.63, 3.8) is 0 Å². The van der Waals surface area contributed by atoms with Crippen molar-refractivity contribution in [2.24, 2.45) is 0 Å². The first kappa shape index (κ1) is 20.4. The van der Waals surface area contributed by atoms with E-state index in [0.29, 0.717) is 17.0 Å². The fraction of sp³-hybridized carbons (Fsp3) is 0.211. The Kier molecular flexibility index (Phi) is 7.36. The van der Waals surface area contributed by atoms with E-state index < -0.39 is 5.91 Å². The van der Waals surface area contributed by atoms with Gasteiger partial charge in [0, 0.05) is 15.7 Å². The average Bonchev–Trinajstić information content (AvgIpc) is 2.66. The molecule has 0 aliphatic heterocycles. The SMILES string of the molecule is COc1ccc(C(=O)NCC(=O)NCC(=O)Nc2ccc(Br)cc2C)cc1. The summed E-state index contributed by atoms with van der Waals surface area (Å²) in [4.78, 5) is 35.7. The molecular formula is C19H20BrN3O4. The molecule has 0 unspecified atom stereocenters. The number of carbonyl (C=O) groups is 3. The Morgan fingerprint density at radius 3 is 2.26 bits per heavy atom. The van der Waals surface area contributed by atoms with Gasteiger partial charge in [-0.15, -0.1) is 0 Å². The highest BCUT2D eigenvalue weighted by atomic mass is 79.9. The smallest absolute Gasteiger partial charge is 0.251 e. The highest BCUT2D eigenvalue weighted by Gasteiger charge is 2.10. The van der Waals surface area contributed by atoms with Crippen molar-refractivity contribution in [1.29, 1.82) is 0 Å². The van der Waals surface area contributed by atoms with E-state index in [1.54, 1.807) is 30.3 Å². The number of halogens is 1. The number of nitrogens with one attached hydrogen (secondary N) is 3. The molecule has 27 heavy (non-hydrogen) atoms. The van der Waals surface area contributed by atoms with Gasteiger partial charge in [-0.2, -0.15) is 0 Å². The summed E-state index contributed by atoms with van der Waals surface area (Å²) in [7, 11) is 1.54. The van der Waals surface area contributed by atoms with E-state index >= 15 is 0 Å². The number of ether oxygens (including phenoxy) is 1. The first-order valence-electron chi connectivity index (χ1n) is 8.14. The first-order valence-corrected chi connectivity index (χ1v) is 8.93. The summed E-state index contributed by atoms with van der Waals surface area (Å²) in [5.74, 6) is -0.561. The van der Waals surface area contributed by atoms with Crippen LogP contribution in [0.25, 0.3) is 0 Å². The van der Waals surface area contributed by atoms with Crippen LogP contribution in [0.1, 0.15) is 15.9 Å². The Balaban J connectivity index is 1.74. The lowest BCUT2D eigenvalue weighted by molar-refractivity contribution is -0.123. The van der Waals surface area contributed by atoms with Crippen LogP contribution in [0.2, 0.25) is 0 Å².